The van der Waals surface area contributed by atoms with Gasteiger partial charge in [-0.1, -0.05) is 23.4 Å². The number of rotatable bonds is 5. The Labute approximate surface area is 127 Å². The molecule has 0 unspecified atom stereocenters. The minimum Gasteiger partial charge on any atom is -0.458 e. The van der Waals surface area contributed by atoms with Gasteiger partial charge in [0, 0.05) is 18.6 Å². The summed E-state index contributed by atoms with van der Waals surface area (Å²) in [5.41, 5.74) is 1.04. The lowest BCUT2D eigenvalue weighted by Crippen LogP contribution is -2.29. The Kier molecular flexibility index (Phi) is 3.93. The zero-order valence-electron chi connectivity index (χ0n) is 12.3. The number of benzene rings is 1. The van der Waals surface area contributed by atoms with Crippen LogP contribution in [0.5, 0.6) is 0 Å². The van der Waals surface area contributed by atoms with E-state index in [1.54, 1.807) is 20.1 Å². The number of fused-ring (bicyclic) bond motifs is 1. The second kappa shape index (κ2) is 6.03. The van der Waals surface area contributed by atoms with Crippen LogP contribution >= 0.6 is 0 Å². The number of nitrogens with one attached hydrogen (secondary N) is 1. The third-order valence-electron chi connectivity index (χ3n) is 3.36. The first-order valence-electron chi connectivity index (χ1n) is 6.90. The van der Waals surface area contributed by atoms with Gasteiger partial charge in [0.1, 0.15) is 23.2 Å². The molecule has 1 aromatic carbocycles. The molecule has 114 valence electrons. The summed E-state index contributed by atoms with van der Waals surface area (Å²) in [4.78, 5) is 12.0. The van der Waals surface area contributed by atoms with Crippen LogP contribution in [0, 0.1) is 6.92 Å². The quantitative estimate of drug-likeness (QED) is 0.784. The number of furan rings is 1. The summed E-state index contributed by atoms with van der Waals surface area (Å²) in [7, 11) is 1.57. The summed E-state index contributed by atoms with van der Waals surface area (Å²) < 4.78 is 16.0. The topological polar surface area (TPSA) is 77.5 Å². The molecule has 6 heteroatoms. The van der Waals surface area contributed by atoms with Gasteiger partial charge in [-0.25, -0.2) is 0 Å². The van der Waals surface area contributed by atoms with Crippen molar-refractivity contribution < 1.29 is 18.5 Å². The van der Waals surface area contributed by atoms with Crippen molar-refractivity contribution in [2.75, 3.05) is 13.7 Å². The van der Waals surface area contributed by atoms with Crippen molar-refractivity contribution in [1.29, 1.82) is 0 Å². The third-order valence-corrected chi connectivity index (χ3v) is 3.36. The molecular formula is C16H16N2O4. The lowest BCUT2D eigenvalue weighted by Gasteiger charge is -2.12. The smallest absolute Gasteiger partial charge is 0.273 e. The largest absolute Gasteiger partial charge is 0.458 e. The normalized spacial score (nSPS) is 12.5. The molecule has 2 heterocycles. The summed E-state index contributed by atoms with van der Waals surface area (Å²) in [5.74, 6) is 0.945. The number of aryl methyl sites for hydroxylation is 1. The SMILES string of the molecule is CO[C@@H](CNC(=O)c1cc(C)on1)c1cc2ccccc2o1. The number of methoxy groups -OCH3 is 1. The van der Waals surface area contributed by atoms with Gasteiger partial charge in [0.05, 0.1) is 6.54 Å². The van der Waals surface area contributed by atoms with Gasteiger partial charge >= 0.3 is 0 Å². The van der Waals surface area contributed by atoms with E-state index in [0.29, 0.717) is 11.5 Å². The Morgan fingerprint density at radius 2 is 2.18 bits per heavy atom. The fourth-order valence-corrected chi connectivity index (χ4v) is 2.21. The van der Waals surface area contributed by atoms with Crippen LogP contribution < -0.4 is 5.32 Å². The molecule has 1 amide bonds. The molecule has 0 spiro atoms. The summed E-state index contributed by atoms with van der Waals surface area (Å²) >= 11 is 0. The van der Waals surface area contributed by atoms with Gasteiger partial charge in [-0.2, -0.15) is 0 Å². The fourth-order valence-electron chi connectivity index (χ4n) is 2.21. The van der Waals surface area contributed by atoms with Crippen LogP contribution in [0.4, 0.5) is 0 Å². The van der Waals surface area contributed by atoms with Crippen molar-refractivity contribution in [1.82, 2.24) is 10.5 Å². The molecule has 0 aliphatic carbocycles. The van der Waals surface area contributed by atoms with Gasteiger partial charge in [-0.05, 0) is 19.1 Å². The first-order valence-corrected chi connectivity index (χ1v) is 6.90. The lowest BCUT2D eigenvalue weighted by molar-refractivity contribution is 0.0742. The van der Waals surface area contributed by atoms with Gasteiger partial charge in [0.2, 0.25) is 0 Å². The summed E-state index contributed by atoms with van der Waals surface area (Å²) in [5, 5.41) is 7.43. The molecule has 0 bridgehead atoms. The number of hydrogen-bond donors (Lipinski definition) is 1. The Balaban J connectivity index is 1.70. The highest BCUT2D eigenvalue weighted by molar-refractivity contribution is 5.92. The molecule has 22 heavy (non-hydrogen) atoms. The second-order valence-electron chi connectivity index (χ2n) is 4.94. The first-order chi connectivity index (χ1) is 10.7. The van der Waals surface area contributed by atoms with E-state index < -0.39 is 0 Å². The van der Waals surface area contributed by atoms with Crippen LogP contribution in [-0.2, 0) is 4.74 Å². The minimum absolute atomic E-state index is 0.247. The molecule has 0 fully saturated rings. The highest BCUT2D eigenvalue weighted by Gasteiger charge is 2.18. The van der Waals surface area contributed by atoms with E-state index in [0.717, 1.165) is 11.0 Å². The van der Waals surface area contributed by atoms with Gasteiger partial charge in [0.25, 0.3) is 5.91 Å². The van der Waals surface area contributed by atoms with Gasteiger partial charge in [-0.15, -0.1) is 0 Å². The number of para-hydroxylation sites is 1. The number of aromatic nitrogens is 1. The highest BCUT2D eigenvalue weighted by Crippen LogP contribution is 2.25. The van der Waals surface area contributed by atoms with Crippen LogP contribution in [0.1, 0.15) is 28.1 Å². The van der Waals surface area contributed by atoms with Crippen LogP contribution in [0.3, 0.4) is 0 Å². The molecule has 0 aliphatic rings. The molecule has 0 saturated heterocycles. The Morgan fingerprint density at radius 3 is 2.86 bits per heavy atom. The van der Waals surface area contributed by atoms with Crippen LogP contribution in [0.2, 0.25) is 0 Å². The summed E-state index contributed by atoms with van der Waals surface area (Å²) in [6.07, 6.45) is -0.371. The molecule has 0 aliphatic heterocycles. The zero-order chi connectivity index (χ0) is 15.5. The summed E-state index contributed by atoms with van der Waals surface area (Å²) in [6, 6.07) is 11.2. The van der Waals surface area contributed by atoms with E-state index in [4.69, 9.17) is 13.7 Å². The Bertz CT molecular complexity index is 757. The van der Waals surface area contributed by atoms with E-state index in [1.165, 1.54) is 0 Å². The van der Waals surface area contributed by atoms with Crippen LogP contribution in [-0.4, -0.2) is 24.7 Å². The third kappa shape index (κ3) is 2.87. The number of nitrogens with zero attached hydrogens (tertiary/aromatic N) is 1. The maximum atomic E-state index is 12.0. The van der Waals surface area contributed by atoms with Crippen molar-refractivity contribution in [2.24, 2.45) is 0 Å². The first kappa shape index (κ1) is 14.3. The van der Waals surface area contributed by atoms with E-state index in [2.05, 4.69) is 10.5 Å². The predicted octanol–water partition coefficient (Wildman–Crippen LogP) is 2.85. The van der Waals surface area contributed by atoms with E-state index >= 15 is 0 Å². The molecule has 1 N–H and O–H groups in total. The molecule has 0 radical (unpaired) electrons. The number of carbonyl (C=O) groups is 1. The standard InChI is InChI=1S/C16H16N2O4/c1-10-7-12(18-22-10)16(19)17-9-15(20-2)14-8-11-5-3-4-6-13(11)21-14/h3-8,15H,9H2,1-2H3,(H,17,19)/t15-/m0/s1. The van der Waals surface area contributed by atoms with Gasteiger partial charge in [-0.3, -0.25) is 4.79 Å². The molecule has 3 rings (SSSR count). The number of amides is 1. The molecule has 6 nitrogen and oxygen atoms in total. The summed E-state index contributed by atoms with van der Waals surface area (Å²) in [6.45, 7) is 2.01. The van der Waals surface area contributed by atoms with Crippen molar-refractivity contribution in [3.05, 3.63) is 53.6 Å². The maximum absolute atomic E-state index is 12.0. The molecule has 1 atom stereocenters. The second-order valence-corrected chi connectivity index (χ2v) is 4.94. The van der Waals surface area contributed by atoms with Crippen LogP contribution in [0.25, 0.3) is 11.0 Å². The van der Waals surface area contributed by atoms with Crippen molar-refractivity contribution in [3.63, 3.8) is 0 Å². The maximum Gasteiger partial charge on any atom is 0.273 e. The van der Waals surface area contributed by atoms with Crippen LogP contribution in [0.15, 0.2) is 45.3 Å². The highest BCUT2D eigenvalue weighted by atomic mass is 16.5. The predicted molar refractivity (Wildman–Crippen MR) is 79.5 cm³/mol. The average molecular weight is 300 g/mol. The fraction of sp³-hybridized carbons (Fsp3) is 0.250. The van der Waals surface area contributed by atoms with E-state index in [-0.39, 0.29) is 24.2 Å². The van der Waals surface area contributed by atoms with Crippen molar-refractivity contribution in [3.8, 4) is 0 Å². The number of ether oxygens (including phenoxy) is 1. The molecule has 2 aromatic heterocycles. The molecule has 0 saturated carbocycles. The average Bonchev–Trinajstić information content (AvgIpc) is 3.13. The van der Waals surface area contributed by atoms with E-state index in [1.807, 2.05) is 30.3 Å². The van der Waals surface area contributed by atoms with Crippen molar-refractivity contribution >= 4 is 16.9 Å². The Morgan fingerprint density at radius 1 is 1.36 bits per heavy atom. The van der Waals surface area contributed by atoms with Gasteiger partial charge < -0.3 is 19.0 Å². The van der Waals surface area contributed by atoms with E-state index in [9.17, 15) is 4.79 Å². The number of carbonyl (C=O) groups excluding carboxylic acids is 1. The minimum atomic E-state index is -0.371. The Hall–Kier alpha value is -2.60. The van der Waals surface area contributed by atoms with Gasteiger partial charge in [0.15, 0.2) is 5.69 Å². The lowest BCUT2D eigenvalue weighted by atomic mass is 10.2. The monoisotopic (exact) mass is 300 g/mol. The number of hydrogen-bond acceptors (Lipinski definition) is 5. The zero-order valence-corrected chi connectivity index (χ0v) is 12.3. The van der Waals surface area contributed by atoms with Crippen molar-refractivity contribution in [2.45, 2.75) is 13.0 Å². The molecular weight excluding hydrogens is 284 g/mol. The molecule has 3 aromatic rings.